The van der Waals surface area contributed by atoms with Crippen molar-refractivity contribution >= 4 is 17.9 Å². The molecule has 0 aromatic carbocycles. The van der Waals surface area contributed by atoms with Crippen LogP contribution in [0.25, 0.3) is 0 Å². The van der Waals surface area contributed by atoms with Gasteiger partial charge >= 0.3 is 17.9 Å². The lowest BCUT2D eigenvalue weighted by Gasteiger charge is -2.18. The summed E-state index contributed by atoms with van der Waals surface area (Å²) < 4.78 is 16.8. The van der Waals surface area contributed by atoms with Gasteiger partial charge in [0.05, 0.1) is 0 Å². The molecule has 0 N–H and O–H groups in total. The first-order valence-corrected chi connectivity index (χ1v) is 26.5. The van der Waals surface area contributed by atoms with Gasteiger partial charge in [0.1, 0.15) is 13.2 Å². The Balaban J connectivity index is 4.31. The Morgan fingerprint density at radius 3 is 0.951 bits per heavy atom. The van der Waals surface area contributed by atoms with Crippen LogP contribution in [0.2, 0.25) is 0 Å². The molecule has 61 heavy (non-hydrogen) atoms. The van der Waals surface area contributed by atoms with Gasteiger partial charge in [0, 0.05) is 19.3 Å². The minimum atomic E-state index is -0.773. The Hall–Kier alpha value is -2.37. The van der Waals surface area contributed by atoms with Crippen LogP contribution in [0.3, 0.4) is 0 Å². The van der Waals surface area contributed by atoms with E-state index in [1.165, 1.54) is 167 Å². The van der Waals surface area contributed by atoms with Crippen LogP contribution < -0.4 is 0 Å². The highest BCUT2D eigenvalue weighted by atomic mass is 16.6. The van der Waals surface area contributed by atoms with Crippen LogP contribution in [-0.4, -0.2) is 37.2 Å². The van der Waals surface area contributed by atoms with E-state index in [1.54, 1.807) is 0 Å². The smallest absolute Gasteiger partial charge is 0.306 e. The Labute approximate surface area is 378 Å². The number of carbonyl (C=O) groups excluding carboxylic acids is 3. The number of allylic oxidation sites excluding steroid dienone is 6. The molecule has 0 spiro atoms. The van der Waals surface area contributed by atoms with Gasteiger partial charge in [-0.25, -0.2) is 0 Å². The second-order valence-electron chi connectivity index (χ2n) is 17.8. The largest absolute Gasteiger partial charge is 0.462 e. The van der Waals surface area contributed by atoms with Crippen molar-refractivity contribution in [2.75, 3.05) is 13.2 Å². The Kier molecular flexibility index (Phi) is 48.3. The summed E-state index contributed by atoms with van der Waals surface area (Å²) in [6.45, 7) is 6.60. The lowest BCUT2D eigenvalue weighted by Crippen LogP contribution is -2.30. The Morgan fingerprint density at radius 1 is 0.328 bits per heavy atom. The standard InChI is InChI=1S/C55H100O6/c1-4-7-10-13-16-19-22-24-26-27-28-29-30-32-33-36-39-42-45-48-54(57)60-51-52(50-59-53(56)47-44-41-38-35-21-18-15-12-9-6-3)61-55(58)49-46-43-40-37-34-31-25-23-20-17-14-11-8-5-2/h16,19,23-26,52H,4-15,17-18,20-22,27-51H2,1-3H3/b19-16-,25-23-,26-24-/t52-/m1/s1. The van der Waals surface area contributed by atoms with E-state index in [1.807, 2.05) is 0 Å². The first-order chi connectivity index (χ1) is 30.0. The summed E-state index contributed by atoms with van der Waals surface area (Å²) in [4.78, 5) is 37.9. The van der Waals surface area contributed by atoms with Gasteiger partial charge in [0.25, 0.3) is 0 Å². The maximum absolute atomic E-state index is 12.8. The molecule has 0 amide bonds. The molecule has 0 rings (SSSR count). The van der Waals surface area contributed by atoms with Crippen LogP contribution >= 0.6 is 0 Å². The zero-order valence-electron chi connectivity index (χ0n) is 40.7. The first kappa shape index (κ1) is 58.6. The molecule has 0 aromatic rings. The fourth-order valence-electron chi connectivity index (χ4n) is 7.59. The van der Waals surface area contributed by atoms with Gasteiger partial charge in [0.15, 0.2) is 6.10 Å². The molecule has 0 aromatic heterocycles. The quantitative estimate of drug-likeness (QED) is 0.0262. The van der Waals surface area contributed by atoms with Gasteiger partial charge in [-0.05, 0) is 77.0 Å². The van der Waals surface area contributed by atoms with Crippen LogP contribution in [0.1, 0.15) is 278 Å². The molecule has 0 aliphatic heterocycles. The van der Waals surface area contributed by atoms with E-state index in [0.29, 0.717) is 19.3 Å². The lowest BCUT2D eigenvalue weighted by molar-refractivity contribution is -0.167. The number of rotatable bonds is 48. The van der Waals surface area contributed by atoms with Gasteiger partial charge in [-0.1, -0.05) is 218 Å². The molecule has 0 aliphatic rings. The third-order valence-corrected chi connectivity index (χ3v) is 11.6. The number of hydrogen-bond donors (Lipinski definition) is 0. The van der Waals surface area contributed by atoms with Crippen molar-refractivity contribution in [2.45, 2.75) is 284 Å². The number of ether oxygens (including phenoxy) is 3. The highest BCUT2D eigenvalue weighted by molar-refractivity contribution is 5.71. The van der Waals surface area contributed by atoms with Gasteiger partial charge in [0.2, 0.25) is 0 Å². The molecule has 0 aliphatic carbocycles. The maximum Gasteiger partial charge on any atom is 0.306 e. The van der Waals surface area contributed by atoms with Crippen molar-refractivity contribution in [1.29, 1.82) is 0 Å². The second kappa shape index (κ2) is 50.3. The number of carbonyl (C=O) groups is 3. The third kappa shape index (κ3) is 48.5. The SMILES string of the molecule is CCCCC/C=C\C/C=C\CCCCCCCCCCCC(=O)OC[C@@H](COC(=O)CCCCCCCCCCCC)OC(=O)CCCCCCC/C=C\CCCCCCC. The van der Waals surface area contributed by atoms with Gasteiger partial charge < -0.3 is 14.2 Å². The predicted octanol–water partition coefficient (Wildman–Crippen LogP) is 17.3. The molecule has 0 fully saturated rings. The predicted molar refractivity (Wildman–Crippen MR) is 261 cm³/mol. The molecule has 1 atom stereocenters. The summed E-state index contributed by atoms with van der Waals surface area (Å²) >= 11 is 0. The molecule has 356 valence electrons. The van der Waals surface area contributed by atoms with E-state index in [4.69, 9.17) is 14.2 Å². The van der Waals surface area contributed by atoms with Gasteiger partial charge in [-0.15, -0.1) is 0 Å². The average molecular weight is 857 g/mol. The van der Waals surface area contributed by atoms with Crippen molar-refractivity contribution in [2.24, 2.45) is 0 Å². The fourth-order valence-corrected chi connectivity index (χ4v) is 7.59. The Morgan fingerprint density at radius 2 is 0.590 bits per heavy atom. The van der Waals surface area contributed by atoms with Crippen molar-refractivity contribution in [3.05, 3.63) is 36.5 Å². The zero-order chi connectivity index (χ0) is 44.4. The average Bonchev–Trinajstić information content (AvgIpc) is 3.26. The second-order valence-corrected chi connectivity index (χ2v) is 17.8. The number of unbranched alkanes of at least 4 members (excludes halogenated alkanes) is 31. The number of esters is 3. The van der Waals surface area contributed by atoms with Crippen LogP contribution in [0, 0.1) is 0 Å². The molecular formula is C55H100O6. The monoisotopic (exact) mass is 857 g/mol. The van der Waals surface area contributed by atoms with Crippen molar-refractivity contribution in [3.63, 3.8) is 0 Å². The topological polar surface area (TPSA) is 78.9 Å². The third-order valence-electron chi connectivity index (χ3n) is 11.6. The minimum absolute atomic E-state index is 0.0740. The zero-order valence-corrected chi connectivity index (χ0v) is 40.7. The van der Waals surface area contributed by atoms with E-state index >= 15 is 0 Å². The van der Waals surface area contributed by atoms with Gasteiger partial charge in [-0.3, -0.25) is 14.4 Å². The fraction of sp³-hybridized carbons (Fsp3) is 0.836. The van der Waals surface area contributed by atoms with Crippen LogP contribution in [-0.2, 0) is 28.6 Å². The van der Waals surface area contributed by atoms with E-state index < -0.39 is 6.10 Å². The summed E-state index contributed by atoms with van der Waals surface area (Å²) in [7, 11) is 0. The first-order valence-electron chi connectivity index (χ1n) is 26.5. The summed E-state index contributed by atoms with van der Waals surface area (Å²) in [6, 6.07) is 0. The molecule has 0 bridgehead atoms. The molecule has 0 saturated carbocycles. The van der Waals surface area contributed by atoms with E-state index in [2.05, 4.69) is 57.2 Å². The van der Waals surface area contributed by atoms with E-state index in [-0.39, 0.29) is 31.1 Å². The molecule has 0 saturated heterocycles. The number of hydrogen-bond acceptors (Lipinski definition) is 6. The van der Waals surface area contributed by atoms with Crippen molar-refractivity contribution < 1.29 is 28.6 Å². The molecule has 6 heteroatoms. The summed E-state index contributed by atoms with van der Waals surface area (Å²) in [5, 5.41) is 0. The Bertz CT molecular complexity index is 1030. The van der Waals surface area contributed by atoms with E-state index in [0.717, 1.165) is 70.6 Å². The summed E-state index contributed by atoms with van der Waals surface area (Å²) in [6.07, 6.45) is 58.4. The summed E-state index contributed by atoms with van der Waals surface area (Å²) in [5.41, 5.74) is 0. The molecule has 0 unspecified atom stereocenters. The summed E-state index contributed by atoms with van der Waals surface area (Å²) in [5.74, 6) is -0.878. The van der Waals surface area contributed by atoms with E-state index in [9.17, 15) is 14.4 Å². The van der Waals surface area contributed by atoms with Crippen LogP contribution in [0.15, 0.2) is 36.5 Å². The van der Waals surface area contributed by atoms with Gasteiger partial charge in [-0.2, -0.15) is 0 Å². The highest BCUT2D eigenvalue weighted by Gasteiger charge is 2.19. The highest BCUT2D eigenvalue weighted by Crippen LogP contribution is 2.15. The normalized spacial score (nSPS) is 12.2. The maximum atomic E-state index is 12.8. The molecular weight excluding hydrogens is 757 g/mol. The lowest BCUT2D eigenvalue weighted by atomic mass is 10.1. The minimum Gasteiger partial charge on any atom is -0.462 e. The molecule has 0 heterocycles. The van der Waals surface area contributed by atoms with Crippen LogP contribution in [0.4, 0.5) is 0 Å². The molecule has 6 nitrogen and oxygen atoms in total. The van der Waals surface area contributed by atoms with Crippen molar-refractivity contribution in [1.82, 2.24) is 0 Å². The van der Waals surface area contributed by atoms with Crippen molar-refractivity contribution in [3.8, 4) is 0 Å². The van der Waals surface area contributed by atoms with Crippen LogP contribution in [0.5, 0.6) is 0 Å². The molecule has 0 radical (unpaired) electrons.